The molecule has 0 aliphatic carbocycles. The molecule has 25 heavy (non-hydrogen) atoms. The lowest BCUT2D eigenvalue weighted by Gasteiger charge is -2.08. The summed E-state index contributed by atoms with van der Waals surface area (Å²) in [7, 11) is 0. The SMILES string of the molecule is N#C/C(=C/Nc1cccc(C(=O)O)c1)C(=O)Nc1ccc(N)cc1Cl. The number of halogens is 1. The van der Waals surface area contributed by atoms with Crippen molar-refractivity contribution < 1.29 is 14.7 Å². The summed E-state index contributed by atoms with van der Waals surface area (Å²) in [6.45, 7) is 0. The quantitative estimate of drug-likeness (QED) is 0.370. The molecule has 0 bridgehead atoms. The Morgan fingerprint density at radius 2 is 2.00 bits per heavy atom. The average molecular weight is 357 g/mol. The maximum Gasteiger partial charge on any atom is 0.335 e. The van der Waals surface area contributed by atoms with Gasteiger partial charge in [0.15, 0.2) is 0 Å². The lowest BCUT2D eigenvalue weighted by atomic mass is 10.2. The summed E-state index contributed by atoms with van der Waals surface area (Å²) in [5, 5.41) is 23.6. The Hall–Kier alpha value is -3.50. The second-order valence-electron chi connectivity index (χ2n) is 4.89. The van der Waals surface area contributed by atoms with Crippen LogP contribution in [0.3, 0.4) is 0 Å². The molecule has 0 unspecified atom stereocenters. The molecule has 0 heterocycles. The number of nitrogens with zero attached hydrogens (tertiary/aromatic N) is 1. The summed E-state index contributed by atoms with van der Waals surface area (Å²) in [6, 6.07) is 12.3. The Kier molecular flexibility index (Phi) is 5.61. The Labute approximate surface area is 148 Å². The van der Waals surface area contributed by atoms with Crippen molar-refractivity contribution in [3.63, 3.8) is 0 Å². The predicted molar refractivity (Wildman–Crippen MR) is 95.2 cm³/mol. The highest BCUT2D eigenvalue weighted by Crippen LogP contribution is 2.24. The van der Waals surface area contributed by atoms with Crippen molar-refractivity contribution in [2.45, 2.75) is 0 Å². The first kappa shape index (κ1) is 17.8. The third-order valence-corrected chi connectivity index (χ3v) is 3.41. The van der Waals surface area contributed by atoms with Crippen LogP contribution in [0.5, 0.6) is 0 Å². The Balaban J connectivity index is 2.14. The molecule has 126 valence electrons. The van der Waals surface area contributed by atoms with Crippen LogP contribution in [0.25, 0.3) is 0 Å². The summed E-state index contributed by atoms with van der Waals surface area (Å²) in [4.78, 5) is 23.1. The Morgan fingerprint density at radius 3 is 2.64 bits per heavy atom. The number of hydrogen-bond donors (Lipinski definition) is 4. The summed E-state index contributed by atoms with van der Waals surface area (Å²) in [5.41, 5.74) is 6.62. The molecule has 5 N–H and O–H groups in total. The van der Waals surface area contributed by atoms with Crippen LogP contribution in [0.15, 0.2) is 54.2 Å². The molecule has 0 aromatic heterocycles. The molecule has 2 aromatic carbocycles. The van der Waals surface area contributed by atoms with E-state index in [0.717, 1.165) is 0 Å². The molecule has 7 nitrogen and oxygen atoms in total. The number of nitrogens with one attached hydrogen (secondary N) is 2. The van der Waals surface area contributed by atoms with Gasteiger partial charge in [-0.15, -0.1) is 0 Å². The standard InChI is InChI=1S/C17H13ClN4O3/c18-14-7-12(20)4-5-15(14)22-16(23)11(8-19)9-21-13-3-1-2-10(6-13)17(24)25/h1-7,9,21H,20H2,(H,22,23)(H,24,25)/b11-9-. The van der Waals surface area contributed by atoms with Crippen LogP contribution in [-0.2, 0) is 4.79 Å². The van der Waals surface area contributed by atoms with Gasteiger partial charge in [0.1, 0.15) is 11.6 Å². The number of nitrogen functional groups attached to an aromatic ring is 1. The van der Waals surface area contributed by atoms with Gasteiger partial charge in [-0.25, -0.2) is 4.79 Å². The van der Waals surface area contributed by atoms with Crippen LogP contribution in [0.2, 0.25) is 5.02 Å². The molecule has 0 radical (unpaired) electrons. The molecular formula is C17H13ClN4O3. The van der Waals surface area contributed by atoms with Crippen molar-refractivity contribution in [2.24, 2.45) is 0 Å². The fourth-order valence-electron chi connectivity index (χ4n) is 1.87. The van der Waals surface area contributed by atoms with E-state index in [1.54, 1.807) is 24.3 Å². The topological polar surface area (TPSA) is 128 Å². The monoisotopic (exact) mass is 356 g/mol. The number of nitriles is 1. The van der Waals surface area contributed by atoms with Gasteiger partial charge in [0, 0.05) is 17.6 Å². The van der Waals surface area contributed by atoms with E-state index in [9.17, 15) is 9.59 Å². The molecule has 0 fully saturated rings. The fourth-order valence-corrected chi connectivity index (χ4v) is 2.10. The zero-order valence-corrected chi connectivity index (χ0v) is 13.5. The second-order valence-corrected chi connectivity index (χ2v) is 5.30. The highest BCUT2D eigenvalue weighted by molar-refractivity contribution is 6.34. The van der Waals surface area contributed by atoms with Gasteiger partial charge in [0.25, 0.3) is 5.91 Å². The summed E-state index contributed by atoms with van der Waals surface area (Å²) < 4.78 is 0. The maximum atomic E-state index is 12.2. The van der Waals surface area contributed by atoms with E-state index in [0.29, 0.717) is 17.1 Å². The maximum absolute atomic E-state index is 12.2. The van der Waals surface area contributed by atoms with Gasteiger partial charge in [-0.2, -0.15) is 5.26 Å². The molecule has 1 amide bonds. The number of carbonyl (C=O) groups is 2. The van der Waals surface area contributed by atoms with Crippen LogP contribution in [-0.4, -0.2) is 17.0 Å². The zero-order valence-electron chi connectivity index (χ0n) is 12.8. The zero-order chi connectivity index (χ0) is 18.4. The third kappa shape index (κ3) is 4.73. The molecule has 0 atom stereocenters. The van der Waals surface area contributed by atoms with Crippen LogP contribution >= 0.6 is 11.6 Å². The van der Waals surface area contributed by atoms with Crippen LogP contribution in [0.4, 0.5) is 17.1 Å². The van der Waals surface area contributed by atoms with Gasteiger partial charge in [-0.1, -0.05) is 17.7 Å². The Morgan fingerprint density at radius 1 is 1.24 bits per heavy atom. The van der Waals surface area contributed by atoms with Crippen molar-refractivity contribution >= 4 is 40.5 Å². The van der Waals surface area contributed by atoms with Crippen molar-refractivity contribution in [3.8, 4) is 6.07 Å². The van der Waals surface area contributed by atoms with E-state index in [-0.39, 0.29) is 16.2 Å². The summed E-state index contributed by atoms with van der Waals surface area (Å²) in [6.07, 6.45) is 1.18. The first-order valence-corrected chi connectivity index (χ1v) is 7.35. The number of rotatable bonds is 5. The molecule has 0 saturated heterocycles. The number of amides is 1. The normalized spacial score (nSPS) is 10.6. The van der Waals surface area contributed by atoms with E-state index in [1.165, 1.54) is 30.5 Å². The minimum absolute atomic E-state index is 0.0787. The minimum atomic E-state index is -1.08. The number of carbonyl (C=O) groups excluding carboxylic acids is 1. The largest absolute Gasteiger partial charge is 0.478 e. The summed E-state index contributed by atoms with van der Waals surface area (Å²) >= 11 is 5.97. The highest BCUT2D eigenvalue weighted by Gasteiger charge is 2.11. The van der Waals surface area contributed by atoms with Gasteiger partial charge in [0.2, 0.25) is 0 Å². The third-order valence-electron chi connectivity index (χ3n) is 3.10. The van der Waals surface area contributed by atoms with Gasteiger partial charge in [-0.05, 0) is 36.4 Å². The first-order chi connectivity index (χ1) is 11.9. The molecule has 0 saturated carbocycles. The van der Waals surface area contributed by atoms with Crippen LogP contribution in [0.1, 0.15) is 10.4 Å². The molecule has 2 rings (SSSR count). The number of hydrogen-bond acceptors (Lipinski definition) is 5. The van der Waals surface area contributed by atoms with Gasteiger partial charge < -0.3 is 21.5 Å². The molecule has 0 aliphatic rings. The summed E-state index contributed by atoms with van der Waals surface area (Å²) in [5.74, 6) is -1.75. The number of nitrogens with two attached hydrogens (primary N) is 1. The van der Waals surface area contributed by atoms with E-state index in [1.807, 2.05) is 0 Å². The van der Waals surface area contributed by atoms with Gasteiger partial charge in [-0.3, -0.25) is 4.79 Å². The number of aromatic carboxylic acids is 1. The van der Waals surface area contributed by atoms with Crippen LogP contribution < -0.4 is 16.4 Å². The van der Waals surface area contributed by atoms with E-state index in [2.05, 4.69) is 10.6 Å². The first-order valence-electron chi connectivity index (χ1n) is 6.97. The predicted octanol–water partition coefficient (Wildman–Crippen LogP) is 3.08. The lowest BCUT2D eigenvalue weighted by Crippen LogP contribution is -2.15. The lowest BCUT2D eigenvalue weighted by molar-refractivity contribution is -0.112. The van der Waals surface area contributed by atoms with Gasteiger partial charge >= 0.3 is 5.97 Å². The van der Waals surface area contributed by atoms with Gasteiger partial charge in [0.05, 0.1) is 16.3 Å². The minimum Gasteiger partial charge on any atom is -0.478 e. The van der Waals surface area contributed by atoms with E-state index < -0.39 is 11.9 Å². The highest BCUT2D eigenvalue weighted by atomic mass is 35.5. The van der Waals surface area contributed by atoms with Crippen LogP contribution in [0, 0.1) is 11.3 Å². The average Bonchev–Trinajstić information content (AvgIpc) is 2.58. The molecule has 0 spiro atoms. The Bertz CT molecular complexity index is 903. The number of carboxylic acids is 1. The number of anilines is 3. The van der Waals surface area contributed by atoms with E-state index >= 15 is 0 Å². The molecule has 8 heteroatoms. The van der Waals surface area contributed by atoms with E-state index in [4.69, 9.17) is 27.7 Å². The van der Waals surface area contributed by atoms with Crippen molar-refractivity contribution in [1.82, 2.24) is 0 Å². The van der Waals surface area contributed by atoms with Crippen molar-refractivity contribution in [2.75, 3.05) is 16.4 Å². The molecular weight excluding hydrogens is 344 g/mol. The molecule has 0 aliphatic heterocycles. The second kappa shape index (κ2) is 7.86. The number of benzene rings is 2. The van der Waals surface area contributed by atoms with Crippen molar-refractivity contribution in [3.05, 3.63) is 64.8 Å². The molecule has 2 aromatic rings. The smallest absolute Gasteiger partial charge is 0.335 e. The van der Waals surface area contributed by atoms with Crippen molar-refractivity contribution in [1.29, 1.82) is 5.26 Å². The fraction of sp³-hybridized carbons (Fsp3) is 0. The number of carboxylic acid groups (broad SMARTS) is 1.